The van der Waals surface area contributed by atoms with Crippen LogP contribution in [0.5, 0.6) is 0 Å². The lowest BCUT2D eigenvalue weighted by atomic mass is 10.00. The summed E-state index contributed by atoms with van der Waals surface area (Å²) < 4.78 is 11.8. The average molecular weight is 396 g/mol. The lowest BCUT2D eigenvalue weighted by molar-refractivity contribution is 0.0588. The van der Waals surface area contributed by atoms with Crippen LogP contribution in [0.3, 0.4) is 0 Å². The summed E-state index contributed by atoms with van der Waals surface area (Å²) in [7, 11) is 3.03. The van der Waals surface area contributed by atoms with Gasteiger partial charge in [-0.25, -0.2) is 9.59 Å². The van der Waals surface area contributed by atoms with E-state index in [1.54, 1.807) is 32.4 Å². The number of Topliss-reactive ketones (excluding diaryl/α,β-unsaturated/α-hetero) is 1. The molecule has 0 aliphatic carbocycles. The highest BCUT2D eigenvalue weighted by Gasteiger charge is 2.32. The number of amides is 2. The molecule has 1 aromatic rings. The Kier molecular flexibility index (Phi) is 9.18. The van der Waals surface area contributed by atoms with Gasteiger partial charge in [0.05, 0.1) is 13.2 Å². The van der Waals surface area contributed by atoms with Crippen molar-refractivity contribution < 1.29 is 23.9 Å². The number of methoxy groups -OCH3 is 1. The van der Waals surface area contributed by atoms with Gasteiger partial charge in [0.25, 0.3) is 0 Å². The average Bonchev–Trinajstić information content (AvgIpc) is 2.89. The summed E-state index contributed by atoms with van der Waals surface area (Å²) >= 11 is 0. The second kappa shape index (κ2) is 10.8. The molecule has 8 heteroatoms. The van der Waals surface area contributed by atoms with E-state index in [0.29, 0.717) is 55.2 Å². The molecular weight excluding hydrogens is 362 g/mol. The number of nitrogens with zero attached hydrogens (tertiary/aromatic N) is 2. The maximum absolute atomic E-state index is 13.3. The highest BCUT2D eigenvalue weighted by Crippen LogP contribution is 2.24. The molecule has 0 saturated heterocycles. The van der Waals surface area contributed by atoms with E-state index in [4.69, 9.17) is 9.47 Å². The molecule has 0 saturated carbocycles. The monoisotopic (exact) mass is 395 g/mol. The minimum absolute atomic E-state index is 0.205. The number of ether oxygens (including phenoxy) is 2. The molecule has 1 rings (SSSR count). The zero-order valence-corrected chi connectivity index (χ0v) is 18.0. The van der Waals surface area contributed by atoms with Crippen LogP contribution in [0.4, 0.5) is 4.79 Å². The maximum Gasteiger partial charge on any atom is 0.354 e. The minimum Gasteiger partial charge on any atom is -0.464 e. The fourth-order valence-corrected chi connectivity index (χ4v) is 3.28. The molecule has 1 unspecified atom stereocenters. The molecule has 1 atom stereocenters. The molecule has 1 aromatic heterocycles. The summed E-state index contributed by atoms with van der Waals surface area (Å²) in [4.78, 5) is 39.4. The van der Waals surface area contributed by atoms with Gasteiger partial charge in [0.1, 0.15) is 5.69 Å². The predicted molar refractivity (Wildman–Crippen MR) is 107 cm³/mol. The molecule has 0 aliphatic rings. The van der Waals surface area contributed by atoms with Crippen molar-refractivity contribution in [3.05, 3.63) is 22.5 Å². The van der Waals surface area contributed by atoms with Gasteiger partial charge in [0.2, 0.25) is 0 Å². The molecule has 0 radical (unpaired) electrons. The quantitative estimate of drug-likeness (QED) is 0.373. The van der Waals surface area contributed by atoms with E-state index in [-0.39, 0.29) is 11.8 Å². The lowest BCUT2D eigenvalue weighted by Crippen LogP contribution is -2.49. The van der Waals surface area contributed by atoms with Crippen molar-refractivity contribution in [1.82, 2.24) is 14.8 Å². The van der Waals surface area contributed by atoms with Crippen molar-refractivity contribution in [2.24, 2.45) is 7.05 Å². The Labute approximate surface area is 167 Å². The number of esters is 1. The summed E-state index contributed by atoms with van der Waals surface area (Å²) in [6.07, 6.45) is 0.628. The van der Waals surface area contributed by atoms with Crippen LogP contribution in [0.1, 0.15) is 59.3 Å². The molecule has 2 amide bonds. The number of hydrogen-bond donors (Lipinski definition) is 1. The summed E-state index contributed by atoms with van der Waals surface area (Å²) in [6, 6.07) is -0.974. The zero-order valence-electron chi connectivity index (χ0n) is 18.0. The van der Waals surface area contributed by atoms with E-state index in [0.717, 1.165) is 0 Å². The molecule has 0 aromatic carbocycles. The first kappa shape index (κ1) is 23.7. The Morgan fingerprint density at radius 2 is 1.86 bits per heavy atom. The molecule has 158 valence electrons. The Balaban J connectivity index is 3.19. The van der Waals surface area contributed by atoms with E-state index in [1.165, 1.54) is 12.0 Å². The molecule has 0 bridgehead atoms. The van der Waals surface area contributed by atoms with Crippen molar-refractivity contribution in [3.63, 3.8) is 0 Å². The fourth-order valence-electron chi connectivity index (χ4n) is 3.28. The smallest absolute Gasteiger partial charge is 0.354 e. The second-order valence-electron chi connectivity index (χ2n) is 6.60. The largest absolute Gasteiger partial charge is 0.464 e. The minimum atomic E-state index is -0.682. The number of carbonyl (C=O) groups is 3. The van der Waals surface area contributed by atoms with Crippen LogP contribution in [0.25, 0.3) is 0 Å². The Hall–Kier alpha value is -2.35. The van der Waals surface area contributed by atoms with Gasteiger partial charge in [-0.3, -0.25) is 4.79 Å². The van der Waals surface area contributed by atoms with Crippen molar-refractivity contribution in [2.75, 3.05) is 33.4 Å². The zero-order chi connectivity index (χ0) is 21.4. The molecule has 1 heterocycles. The summed E-state index contributed by atoms with van der Waals surface area (Å²) in [5.41, 5.74) is 2.03. The summed E-state index contributed by atoms with van der Waals surface area (Å²) in [5.74, 6) is -0.699. The van der Waals surface area contributed by atoms with Crippen molar-refractivity contribution >= 4 is 17.8 Å². The van der Waals surface area contributed by atoms with Gasteiger partial charge < -0.3 is 24.3 Å². The van der Waals surface area contributed by atoms with Crippen LogP contribution in [-0.4, -0.2) is 66.7 Å². The third-order valence-corrected chi connectivity index (χ3v) is 4.88. The second-order valence-corrected chi connectivity index (χ2v) is 6.60. The number of nitrogens with one attached hydrogen (secondary N) is 1. The number of aromatic nitrogens is 1. The number of carbonyl (C=O) groups excluding carboxylic acids is 3. The molecule has 8 nitrogen and oxygen atoms in total. The van der Waals surface area contributed by atoms with Crippen LogP contribution in [0.2, 0.25) is 0 Å². The van der Waals surface area contributed by atoms with E-state index < -0.39 is 12.0 Å². The van der Waals surface area contributed by atoms with Gasteiger partial charge in [-0.2, -0.15) is 0 Å². The SMILES string of the molecule is CCNC(=O)N(CCCOCC)C(C)C(=O)c1c(C)c(C(=O)OC)n(C)c1C. The van der Waals surface area contributed by atoms with Crippen LogP contribution in [-0.2, 0) is 16.5 Å². The van der Waals surface area contributed by atoms with Gasteiger partial charge in [0.15, 0.2) is 5.78 Å². The van der Waals surface area contributed by atoms with Crippen molar-refractivity contribution in [2.45, 2.75) is 47.1 Å². The first-order chi connectivity index (χ1) is 13.2. The normalized spacial score (nSPS) is 11.8. The van der Waals surface area contributed by atoms with E-state index in [9.17, 15) is 14.4 Å². The first-order valence-electron chi connectivity index (χ1n) is 9.63. The van der Waals surface area contributed by atoms with E-state index in [1.807, 2.05) is 13.8 Å². The summed E-state index contributed by atoms with van der Waals surface area (Å²) in [5, 5.41) is 2.76. The Bertz CT molecular complexity index is 711. The summed E-state index contributed by atoms with van der Waals surface area (Å²) in [6.45, 7) is 10.9. The third kappa shape index (κ3) is 5.13. The van der Waals surface area contributed by atoms with Crippen molar-refractivity contribution in [1.29, 1.82) is 0 Å². The van der Waals surface area contributed by atoms with Crippen molar-refractivity contribution in [3.8, 4) is 0 Å². The molecular formula is C20H33N3O5. The van der Waals surface area contributed by atoms with E-state index in [2.05, 4.69) is 5.32 Å². The van der Waals surface area contributed by atoms with Gasteiger partial charge in [0, 0.05) is 44.6 Å². The third-order valence-electron chi connectivity index (χ3n) is 4.88. The van der Waals surface area contributed by atoms with Gasteiger partial charge in [-0.05, 0) is 46.6 Å². The predicted octanol–water partition coefficient (Wildman–Crippen LogP) is 2.46. The van der Waals surface area contributed by atoms with Crippen LogP contribution in [0, 0.1) is 13.8 Å². The Morgan fingerprint density at radius 3 is 2.39 bits per heavy atom. The van der Waals surface area contributed by atoms with Crippen LogP contribution < -0.4 is 5.32 Å². The molecule has 0 spiro atoms. The molecule has 0 fully saturated rings. The first-order valence-corrected chi connectivity index (χ1v) is 9.63. The number of hydrogen-bond acceptors (Lipinski definition) is 5. The van der Waals surface area contributed by atoms with Crippen LogP contribution >= 0.6 is 0 Å². The van der Waals surface area contributed by atoms with E-state index >= 15 is 0 Å². The fraction of sp³-hybridized carbons (Fsp3) is 0.650. The molecule has 28 heavy (non-hydrogen) atoms. The Morgan fingerprint density at radius 1 is 1.21 bits per heavy atom. The molecule has 0 aliphatic heterocycles. The number of ketones is 1. The maximum atomic E-state index is 13.3. The lowest BCUT2D eigenvalue weighted by Gasteiger charge is -2.28. The van der Waals surface area contributed by atoms with Gasteiger partial charge >= 0.3 is 12.0 Å². The van der Waals surface area contributed by atoms with Gasteiger partial charge in [-0.15, -0.1) is 0 Å². The van der Waals surface area contributed by atoms with Crippen LogP contribution in [0.15, 0.2) is 0 Å². The standard InChI is InChI=1S/C20H33N3O5/c1-8-21-20(26)23(11-10-12-28-9-2)15(5)18(24)16-13(3)17(19(25)27-7)22(6)14(16)4/h15H,8-12H2,1-7H3,(H,21,26). The van der Waals surface area contributed by atoms with Gasteiger partial charge in [-0.1, -0.05) is 0 Å². The number of urea groups is 1. The molecule has 1 N–H and O–H groups in total. The highest BCUT2D eigenvalue weighted by atomic mass is 16.5. The highest BCUT2D eigenvalue weighted by molar-refractivity contribution is 6.06. The number of rotatable bonds is 10. The topological polar surface area (TPSA) is 89.9 Å².